The van der Waals surface area contributed by atoms with Crippen LogP contribution in [0.1, 0.15) is 71.9 Å². The molecule has 0 fully saturated rings. The van der Waals surface area contributed by atoms with Crippen LogP contribution in [0, 0.1) is 0 Å². The first kappa shape index (κ1) is 28.1. The van der Waals surface area contributed by atoms with E-state index >= 15 is 0 Å². The lowest BCUT2D eigenvalue weighted by Crippen LogP contribution is -2.38. The smallest absolute Gasteiger partial charge is 0.337 e. The predicted octanol–water partition coefficient (Wildman–Crippen LogP) is 6.10. The Labute approximate surface area is 216 Å². The second kappa shape index (κ2) is 10.9. The highest BCUT2D eigenvalue weighted by Gasteiger charge is 2.41. The molecule has 6 nitrogen and oxygen atoms in total. The number of fused-ring (bicyclic) bond motifs is 1. The van der Waals surface area contributed by atoms with Gasteiger partial charge in [0.2, 0.25) is 0 Å². The van der Waals surface area contributed by atoms with Gasteiger partial charge in [-0.3, -0.25) is 9.69 Å². The molecular formula is C29H41NO5Si. The van der Waals surface area contributed by atoms with Crippen molar-refractivity contribution in [3.05, 3.63) is 64.7 Å². The van der Waals surface area contributed by atoms with E-state index in [1.165, 1.54) is 7.11 Å². The van der Waals surface area contributed by atoms with Gasteiger partial charge in [0, 0.05) is 25.9 Å². The zero-order valence-corrected chi connectivity index (χ0v) is 23.8. The average molecular weight is 512 g/mol. The molecule has 0 aromatic heterocycles. The van der Waals surface area contributed by atoms with Crippen molar-refractivity contribution in [2.45, 2.75) is 76.7 Å². The van der Waals surface area contributed by atoms with Gasteiger partial charge >= 0.3 is 5.97 Å². The standard InChI is InChI=1S/C29H41NO5Si/c1-8-29(33)16-15-28(2,3)24-14-13-23(19-25(24)29)30(20-35-17-18-36(5,6)7)26(31)21-9-11-22(12-10-21)27(32)34-4/h9-14,19,33H,8,15-18,20H2,1-7H3. The molecule has 0 saturated carbocycles. The van der Waals surface area contributed by atoms with E-state index in [0.29, 0.717) is 36.3 Å². The van der Waals surface area contributed by atoms with E-state index in [9.17, 15) is 14.7 Å². The first-order chi connectivity index (χ1) is 16.8. The number of hydrogen-bond acceptors (Lipinski definition) is 5. The van der Waals surface area contributed by atoms with Crippen LogP contribution in [0.5, 0.6) is 0 Å². The molecule has 1 atom stereocenters. The zero-order chi connectivity index (χ0) is 26.7. The number of amides is 1. The number of methoxy groups -OCH3 is 1. The fourth-order valence-electron chi connectivity index (χ4n) is 4.64. The van der Waals surface area contributed by atoms with Gasteiger partial charge in [0.1, 0.15) is 6.73 Å². The van der Waals surface area contributed by atoms with Crippen LogP contribution in [0.15, 0.2) is 42.5 Å². The molecule has 2 aromatic rings. The number of benzene rings is 2. The summed E-state index contributed by atoms with van der Waals surface area (Å²) >= 11 is 0. The SMILES string of the molecule is CCC1(O)CCC(C)(C)c2ccc(N(COCC[Si](C)(C)C)C(=O)c3ccc(C(=O)OC)cc3)cc21. The lowest BCUT2D eigenvalue weighted by molar-refractivity contribution is 0.00498. The van der Waals surface area contributed by atoms with Gasteiger partial charge in [0.15, 0.2) is 0 Å². The summed E-state index contributed by atoms with van der Waals surface area (Å²) in [5.74, 6) is -0.675. The van der Waals surface area contributed by atoms with E-state index in [1.807, 2.05) is 25.1 Å². The van der Waals surface area contributed by atoms with Crippen molar-refractivity contribution in [2.75, 3.05) is 25.3 Å². The molecule has 0 radical (unpaired) electrons. The normalized spacial score (nSPS) is 18.9. The summed E-state index contributed by atoms with van der Waals surface area (Å²) in [6.07, 6.45) is 2.19. The Hall–Kier alpha value is -2.48. The summed E-state index contributed by atoms with van der Waals surface area (Å²) in [5.41, 5.74) is 2.55. The number of hydrogen-bond donors (Lipinski definition) is 1. The minimum absolute atomic E-state index is 0.0539. The summed E-state index contributed by atoms with van der Waals surface area (Å²) in [5, 5.41) is 11.5. The molecule has 0 heterocycles. The topological polar surface area (TPSA) is 76.1 Å². The second-order valence-corrected chi connectivity index (χ2v) is 17.3. The van der Waals surface area contributed by atoms with Gasteiger partial charge in [-0.25, -0.2) is 4.79 Å². The number of anilines is 1. The van der Waals surface area contributed by atoms with Crippen LogP contribution in [-0.4, -0.2) is 45.5 Å². The maximum atomic E-state index is 13.7. The van der Waals surface area contributed by atoms with Crippen molar-refractivity contribution < 1.29 is 24.2 Å². The molecule has 0 bridgehead atoms. The Balaban J connectivity index is 1.98. The summed E-state index contributed by atoms with van der Waals surface area (Å²) in [4.78, 5) is 27.1. The quantitative estimate of drug-likeness (QED) is 0.190. The molecule has 1 aliphatic carbocycles. The van der Waals surface area contributed by atoms with Crippen LogP contribution in [0.2, 0.25) is 25.7 Å². The van der Waals surface area contributed by atoms with Crippen molar-refractivity contribution in [1.82, 2.24) is 0 Å². The Kier molecular flexibility index (Phi) is 8.48. The summed E-state index contributed by atoms with van der Waals surface area (Å²) < 4.78 is 10.8. The molecule has 0 saturated heterocycles. The van der Waals surface area contributed by atoms with Crippen LogP contribution < -0.4 is 4.90 Å². The van der Waals surface area contributed by atoms with Crippen LogP contribution in [0.3, 0.4) is 0 Å². The molecule has 1 aliphatic rings. The Morgan fingerprint density at radius 3 is 2.22 bits per heavy atom. The molecule has 1 unspecified atom stereocenters. The largest absolute Gasteiger partial charge is 0.465 e. The number of carbonyl (C=O) groups excluding carboxylic acids is 2. The van der Waals surface area contributed by atoms with Crippen LogP contribution in [0.25, 0.3) is 0 Å². The van der Waals surface area contributed by atoms with Crippen molar-refractivity contribution >= 4 is 25.6 Å². The van der Waals surface area contributed by atoms with Gasteiger partial charge in [-0.15, -0.1) is 0 Å². The first-order valence-electron chi connectivity index (χ1n) is 12.8. The summed E-state index contributed by atoms with van der Waals surface area (Å²) in [6, 6.07) is 13.4. The van der Waals surface area contributed by atoms with Crippen LogP contribution in [-0.2, 0) is 20.5 Å². The number of aliphatic hydroxyl groups is 1. The van der Waals surface area contributed by atoms with E-state index in [1.54, 1.807) is 29.2 Å². The van der Waals surface area contributed by atoms with Crippen molar-refractivity contribution in [3.63, 3.8) is 0 Å². The maximum absolute atomic E-state index is 13.7. The minimum Gasteiger partial charge on any atom is -0.465 e. The molecule has 2 aromatic carbocycles. The number of nitrogens with zero attached hydrogens (tertiary/aromatic N) is 1. The number of ether oxygens (including phenoxy) is 2. The van der Waals surface area contributed by atoms with Crippen molar-refractivity contribution in [2.24, 2.45) is 0 Å². The molecule has 36 heavy (non-hydrogen) atoms. The number of rotatable bonds is 9. The van der Waals surface area contributed by atoms with Gasteiger partial charge in [-0.2, -0.15) is 0 Å². The highest BCUT2D eigenvalue weighted by molar-refractivity contribution is 6.76. The summed E-state index contributed by atoms with van der Waals surface area (Å²) in [6.45, 7) is 14.0. The minimum atomic E-state index is -1.29. The molecule has 0 spiro atoms. The van der Waals surface area contributed by atoms with Gasteiger partial charge in [-0.05, 0) is 78.2 Å². The molecule has 3 rings (SSSR count). The maximum Gasteiger partial charge on any atom is 0.337 e. The Morgan fingerprint density at radius 1 is 1.00 bits per heavy atom. The van der Waals surface area contributed by atoms with Gasteiger partial charge in [0.05, 0.1) is 18.3 Å². The Bertz CT molecular complexity index is 1090. The van der Waals surface area contributed by atoms with Crippen molar-refractivity contribution in [1.29, 1.82) is 0 Å². The third-order valence-electron chi connectivity index (χ3n) is 7.31. The lowest BCUT2D eigenvalue weighted by atomic mass is 9.66. The van der Waals surface area contributed by atoms with E-state index in [2.05, 4.69) is 33.5 Å². The zero-order valence-electron chi connectivity index (χ0n) is 22.8. The molecular weight excluding hydrogens is 470 g/mol. The lowest BCUT2D eigenvalue weighted by Gasteiger charge is -2.42. The fraction of sp³-hybridized carbons (Fsp3) is 0.517. The third-order valence-corrected chi connectivity index (χ3v) is 9.01. The third kappa shape index (κ3) is 6.25. The van der Waals surface area contributed by atoms with E-state index in [0.717, 1.165) is 23.6 Å². The number of esters is 1. The highest BCUT2D eigenvalue weighted by Crippen LogP contribution is 2.47. The highest BCUT2D eigenvalue weighted by atomic mass is 28.3. The second-order valence-electron chi connectivity index (χ2n) is 11.6. The predicted molar refractivity (Wildman–Crippen MR) is 146 cm³/mol. The average Bonchev–Trinajstić information content (AvgIpc) is 2.85. The molecule has 1 amide bonds. The molecule has 7 heteroatoms. The summed E-state index contributed by atoms with van der Waals surface area (Å²) in [7, 11) is 0.0438. The van der Waals surface area contributed by atoms with E-state index in [-0.39, 0.29) is 18.1 Å². The first-order valence-corrected chi connectivity index (χ1v) is 16.5. The van der Waals surface area contributed by atoms with Crippen LogP contribution >= 0.6 is 0 Å². The van der Waals surface area contributed by atoms with Gasteiger partial charge < -0.3 is 14.6 Å². The fourth-order valence-corrected chi connectivity index (χ4v) is 5.40. The monoisotopic (exact) mass is 511 g/mol. The van der Waals surface area contributed by atoms with E-state index in [4.69, 9.17) is 9.47 Å². The molecule has 196 valence electrons. The van der Waals surface area contributed by atoms with Gasteiger partial charge in [0.25, 0.3) is 5.91 Å². The Morgan fingerprint density at radius 2 is 1.64 bits per heavy atom. The molecule has 0 aliphatic heterocycles. The van der Waals surface area contributed by atoms with Gasteiger partial charge in [-0.1, -0.05) is 46.5 Å². The van der Waals surface area contributed by atoms with Crippen LogP contribution in [0.4, 0.5) is 5.69 Å². The van der Waals surface area contributed by atoms with Crippen molar-refractivity contribution in [3.8, 4) is 0 Å². The number of carbonyl (C=O) groups is 2. The molecule has 1 N–H and O–H groups in total. The van der Waals surface area contributed by atoms with E-state index < -0.39 is 19.6 Å².